The number of nitrogens with zero attached hydrogens (tertiary/aromatic N) is 1. The molecule has 2 aliphatic heterocycles. The molecule has 2 aliphatic rings. The third kappa shape index (κ3) is 5.43. The lowest BCUT2D eigenvalue weighted by atomic mass is 9.87. The van der Waals surface area contributed by atoms with Gasteiger partial charge in [-0.25, -0.2) is 0 Å². The molecular weight excluding hydrogens is 366 g/mol. The normalized spacial score (nSPS) is 25.4. The van der Waals surface area contributed by atoms with Crippen LogP contribution in [-0.4, -0.2) is 49.5 Å². The van der Waals surface area contributed by atoms with Crippen molar-refractivity contribution in [1.82, 2.24) is 10.2 Å². The molecule has 2 saturated heterocycles. The number of piperidine rings is 1. The van der Waals surface area contributed by atoms with Crippen LogP contribution in [0, 0.1) is 11.8 Å². The van der Waals surface area contributed by atoms with Crippen LogP contribution in [0.25, 0.3) is 0 Å². The summed E-state index contributed by atoms with van der Waals surface area (Å²) < 4.78 is 5.98. The van der Waals surface area contributed by atoms with E-state index in [1.807, 2.05) is 35.2 Å². The first-order valence-electron chi connectivity index (χ1n) is 9.64. The maximum absolute atomic E-state index is 13.2. The van der Waals surface area contributed by atoms with Crippen LogP contribution in [0.4, 0.5) is 0 Å². The SMILES string of the molecule is Cl.NCCNC(=O)C1CCCN(C(=O)C2CCCOC2c2ccccc2)C1. The largest absolute Gasteiger partial charge is 0.373 e. The van der Waals surface area contributed by atoms with Gasteiger partial charge in [-0.3, -0.25) is 9.59 Å². The van der Waals surface area contributed by atoms with Crippen molar-refractivity contribution in [3.63, 3.8) is 0 Å². The minimum Gasteiger partial charge on any atom is -0.373 e. The van der Waals surface area contributed by atoms with Crippen molar-refractivity contribution in [1.29, 1.82) is 0 Å². The van der Waals surface area contributed by atoms with E-state index in [1.54, 1.807) is 0 Å². The van der Waals surface area contributed by atoms with Crippen LogP contribution < -0.4 is 11.1 Å². The first-order chi connectivity index (χ1) is 12.7. The summed E-state index contributed by atoms with van der Waals surface area (Å²) in [4.78, 5) is 27.3. The molecule has 3 N–H and O–H groups in total. The third-order valence-corrected chi connectivity index (χ3v) is 5.32. The fraction of sp³-hybridized carbons (Fsp3) is 0.600. The predicted octanol–water partition coefficient (Wildman–Crippen LogP) is 1.89. The van der Waals surface area contributed by atoms with Crippen molar-refractivity contribution in [3.8, 4) is 0 Å². The second-order valence-electron chi connectivity index (χ2n) is 7.15. The molecule has 0 spiro atoms. The van der Waals surface area contributed by atoms with Gasteiger partial charge in [0.25, 0.3) is 0 Å². The molecule has 0 radical (unpaired) electrons. The minimum absolute atomic E-state index is 0. The van der Waals surface area contributed by atoms with E-state index < -0.39 is 0 Å². The molecule has 1 aromatic rings. The van der Waals surface area contributed by atoms with E-state index in [2.05, 4.69) is 5.32 Å². The highest BCUT2D eigenvalue weighted by molar-refractivity contribution is 5.85. The molecule has 3 rings (SSSR count). The van der Waals surface area contributed by atoms with Crippen molar-refractivity contribution in [2.45, 2.75) is 31.8 Å². The number of carbonyl (C=O) groups excluding carboxylic acids is 2. The second kappa shape index (κ2) is 10.6. The zero-order valence-corrected chi connectivity index (χ0v) is 16.5. The van der Waals surface area contributed by atoms with Gasteiger partial charge in [0.15, 0.2) is 0 Å². The molecule has 1 aromatic carbocycles. The summed E-state index contributed by atoms with van der Waals surface area (Å²) in [5.74, 6) is -0.182. The van der Waals surface area contributed by atoms with Crippen molar-refractivity contribution in [3.05, 3.63) is 35.9 Å². The number of carbonyl (C=O) groups is 2. The van der Waals surface area contributed by atoms with E-state index in [0.29, 0.717) is 26.2 Å². The third-order valence-electron chi connectivity index (χ3n) is 5.32. The zero-order chi connectivity index (χ0) is 18.4. The van der Waals surface area contributed by atoms with Crippen LogP contribution in [0.5, 0.6) is 0 Å². The van der Waals surface area contributed by atoms with Gasteiger partial charge >= 0.3 is 0 Å². The van der Waals surface area contributed by atoms with E-state index in [1.165, 1.54) is 0 Å². The number of likely N-dealkylation sites (tertiary alicyclic amines) is 1. The number of amides is 2. The molecular formula is C20H30ClN3O3. The summed E-state index contributed by atoms with van der Waals surface area (Å²) in [6.45, 7) is 2.81. The van der Waals surface area contributed by atoms with Gasteiger partial charge in [0.05, 0.1) is 17.9 Å². The van der Waals surface area contributed by atoms with Crippen LogP contribution >= 0.6 is 12.4 Å². The Morgan fingerprint density at radius 2 is 1.96 bits per heavy atom. The summed E-state index contributed by atoms with van der Waals surface area (Å²) >= 11 is 0. The summed E-state index contributed by atoms with van der Waals surface area (Å²) in [5.41, 5.74) is 6.51. The van der Waals surface area contributed by atoms with Crippen molar-refractivity contribution < 1.29 is 14.3 Å². The Morgan fingerprint density at radius 3 is 2.70 bits per heavy atom. The van der Waals surface area contributed by atoms with E-state index in [9.17, 15) is 9.59 Å². The van der Waals surface area contributed by atoms with Gasteiger partial charge in [0, 0.05) is 32.8 Å². The van der Waals surface area contributed by atoms with E-state index in [-0.39, 0.29) is 42.2 Å². The number of nitrogens with one attached hydrogen (secondary N) is 1. The number of nitrogens with two attached hydrogens (primary N) is 1. The molecule has 0 bridgehead atoms. The Bertz CT molecular complexity index is 614. The summed E-state index contributed by atoms with van der Waals surface area (Å²) in [7, 11) is 0. The topological polar surface area (TPSA) is 84.7 Å². The second-order valence-corrected chi connectivity index (χ2v) is 7.15. The average Bonchev–Trinajstić information content (AvgIpc) is 2.72. The number of halogens is 1. The maximum atomic E-state index is 13.2. The Balaban J connectivity index is 0.00000261. The Hall–Kier alpha value is -1.63. The number of ether oxygens (including phenoxy) is 1. The van der Waals surface area contributed by atoms with Gasteiger partial charge < -0.3 is 20.7 Å². The van der Waals surface area contributed by atoms with E-state index in [4.69, 9.17) is 10.5 Å². The Morgan fingerprint density at radius 1 is 1.19 bits per heavy atom. The monoisotopic (exact) mass is 395 g/mol. The van der Waals surface area contributed by atoms with Gasteiger partial charge in [-0.2, -0.15) is 0 Å². The molecule has 2 heterocycles. The molecule has 3 atom stereocenters. The maximum Gasteiger partial charge on any atom is 0.228 e. The molecule has 0 aliphatic carbocycles. The molecule has 27 heavy (non-hydrogen) atoms. The van der Waals surface area contributed by atoms with Gasteiger partial charge in [-0.05, 0) is 31.2 Å². The highest BCUT2D eigenvalue weighted by Crippen LogP contribution is 2.35. The molecule has 6 nitrogen and oxygen atoms in total. The first kappa shape index (κ1) is 21.7. The van der Waals surface area contributed by atoms with E-state index in [0.717, 1.165) is 37.8 Å². The number of rotatable bonds is 5. The Labute approximate surface area is 167 Å². The summed E-state index contributed by atoms with van der Waals surface area (Å²) in [6.07, 6.45) is 3.22. The van der Waals surface area contributed by atoms with E-state index >= 15 is 0 Å². The van der Waals surface area contributed by atoms with Crippen LogP contribution in [-0.2, 0) is 14.3 Å². The van der Waals surface area contributed by atoms with Crippen molar-refractivity contribution in [2.24, 2.45) is 17.6 Å². The average molecular weight is 396 g/mol. The lowest BCUT2D eigenvalue weighted by Gasteiger charge is -2.38. The standard InChI is InChI=1S/C20H29N3O3.ClH/c21-10-11-22-19(24)16-8-4-12-23(14-16)20(25)17-9-5-13-26-18(17)15-6-2-1-3-7-15;/h1-3,6-7,16-18H,4-5,8-14,21H2,(H,22,24);1H. The number of benzene rings is 1. The molecule has 2 fully saturated rings. The van der Waals surface area contributed by atoms with Crippen molar-refractivity contribution >= 4 is 24.2 Å². The lowest BCUT2D eigenvalue weighted by molar-refractivity contribution is -0.148. The fourth-order valence-electron chi connectivity index (χ4n) is 3.97. The molecule has 3 unspecified atom stereocenters. The number of hydrogen-bond donors (Lipinski definition) is 2. The smallest absolute Gasteiger partial charge is 0.228 e. The highest BCUT2D eigenvalue weighted by Gasteiger charge is 2.38. The van der Waals surface area contributed by atoms with Gasteiger partial charge in [-0.15, -0.1) is 12.4 Å². The molecule has 0 saturated carbocycles. The van der Waals surface area contributed by atoms with Gasteiger partial charge in [0.1, 0.15) is 0 Å². The van der Waals surface area contributed by atoms with Crippen LogP contribution in [0.2, 0.25) is 0 Å². The molecule has 2 amide bonds. The molecule has 0 aromatic heterocycles. The molecule has 7 heteroatoms. The van der Waals surface area contributed by atoms with Crippen LogP contribution in [0.3, 0.4) is 0 Å². The number of hydrogen-bond acceptors (Lipinski definition) is 4. The highest BCUT2D eigenvalue weighted by atomic mass is 35.5. The van der Waals surface area contributed by atoms with Crippen LogP contribution in [0.1, 0.15) is 37.4 Å². The lowest BCUT2D eigenvalue weighted by Crippen LogP contribution is -2.49. The summed E-state index contributed by atoms with van der Waals surface area (Å²) in [6, 6.07) is 9.98. The fourth-order valence-corrected chi connectivity index (χ4v) is 3.97. The Kier molecular flexibility index (Phi) is 8.54. The summed E-state index contributed by atoms with van der Waals surface area (Å²) in [5, 5.41) is 2.85. The van der Waals surface area contributed by atoms with Crippen LogP contribution in [0.15, 0.2) is 30.3 Å². The zero-order valence-electron chi connectivity index (χ0n) is 15.6. The predicted molar refractivity (Wildman–Crippen MR) is 106 cm³/mol. The quantitative estimate of drug-likeness (QED) is 0.797. The first-order valence-corrected chi connectivity index (χ1v) is 9.64. The minimum atomic E-state index is -0.191. The van der Waals surface area contributed by atoms with Gasteiger partial charge in [-0.1, -0.05) is 30.3 Å². The molecule has 150 valence electrons. The van der Waals surface area contributed by atoms with Crippen molar-refractivity contribution in [2.75, 3.05) is 32.8 Å². The van der Waals surface area contributed by atoms with Gasteiger partial charge in [0.2, 0.25) is 11.8 Å².